The molecule has 0 bridgehead atoms. The van der Waals surface area contributed by atoms with E-state index in [4.69, 9.17) is 28.6 Å². The van der Waals surface area contributed by atoms with E-state index in [1.165, 1.54) is 0 Å². The highest BCUT2D eigenvalue weighted by Gasteiger charge is 2.28. The number of aromatic hydroxyl groups is 1. The van der Waals surface area contributed by atoms with Gasteiger partial charge >= 0.3 is 5.97 Å². The Labute approximate surface area is 214 Å². The summed E-state index contributed by atoms with van der Waals surface area (Å²) in [5.74, 6) is -0.329. The number of para-hydroxylation sites is 1. The first-order valence-corrected chi connectivity index (χ1v) is 12.3. The fourth-order valence-electron chi connectivity index (χ4n) is 4.33. The number of esters is 1. The van der Waals surface area contributed by atoms with Gasteiger partial charge in [-0.2, -0.15) is 0 Å². The lowest BCUT2D eigenvalue weighted by molar-refractivity contribution is -0.150. The third kappa shape index (κ3) is 5.63. The summed E-state index contributed by atoms with van der Waals surface area (Å²) < 4.78 is 7.00. The lowest BCUT2D eigenvalue weighted by atomic mass is 9.98. The quantitative estimate of drug-likeness (QED) is 0.238. The molecule has 1 aromatic heterocycles. The van der Waals surface area contributed by atoms with Crippen LogP contribution in [-0.2, 0) is 16.2 Å². The summed E-state index contributed by atoms with van der Waals surface area (Å²) in [5.41, 5.74) is 2.76. The number of nitrogens with one attached hydrogen (secondary N) is 1. The average Bonchev–Trinajstić information content (AvgIpc) is 3.11. The number of halogens is 1. The van der Waals surface area contributed by atoms with Gasteiger partial charge in [0, 0.05) is 22.6 Å². The summed E-state index contributed by atoms with van der Waals surface area (Å²) in [7, 11) is 0. The van der Waals surface area contributed by atoms with Crippen LogP contribution in [0.3, 0.4) is 0 Å². The van der Waals surface area contributed by atoms with Crippen LogP contribution in [0.4, 0.5) is 11.4 Å². The first-order chi connectivity index (χ1) is 16.9. The number of carbonyl (C=O) groups is 1. The van der Waals surface area contributed by atoms with Crippen molar-refractivity contribution < 1.29 is 14.6 Å². The predicted molar refractivity (Wildman–Crippen MR) is 141 cm³/mol. The molecule has 2 aromatic carbocycles. The number of carbonyl (C=O) groups excluding carboxylic acids is 1. The molecule has 1 aliphatic rings. The van der Waals surface area contributed by atoms with E-state index in [0.717, 1.165) is 41.5 Å². The van der Waals surface area contributed by atoms with Gasteiger partial charge in [-0.05, 0) is 69.2 Å². The molecule has 0 spiro atoms. The highest BCUT2D eigenvalue weighted by atomic mass is 35.5. The van der Waals surface area contributed by atoms with Crippen LogP contribution in [0.25, 0.3) is 10.9 Å². The number of likely N-dealkylation sites (tertiary alicyclic amines) is 1. The standard InChI is InChI=1S/C25H28ClN5O3S/c1-3-34-24(33)17-8-7-13-30(14-17)15-31-21-12-5-4-9-18(21)22(23(31)32)28-29-25(35)27-20-11-6-10-19(26)16(20)2/h4-6,9-12,17,32H,3,7-8,13-15H2,1-2H3,(H,27,35)/t17-/m0/s1. The maximum Gasteiger partial charge on any atom is 0.310 e. The van der Waals surface area contributed by atoms with Crippen LogP contribution in [0.1, 0.15) is 25.3 Å². The Morgan fingerprint density at radius 2 is 2.09 bits per heavy atom. The molecular weight excluding hydrogens is 486 g/mol. The van der Waals surface area contributed by atoms with Gasteiger partial charge in [-0.3, -0.25) is 14.3 Å². The molecule has 0 amide bonds. The lowest BCUT2D eigenvalue weighted by Gasteiger charge is -2.31. The van der Waals surface area contributed by atoms with Crippen molar-refractivity contribution >= 4 is 57.2 Å². The summed E-state index contributed by atoms with van der Waals surface area (Å²) in [6, 6.07) is 13.1. The number of ether oxygens (including phenoxy) is 1. The van der Waals surface area contributed by atoms with Crippen LogP contribution < -0.4 is 5.32 Å². The molecule has 0 radical (unpaired) electrons. The van der Waals surface area contributed by atoms with Crippen LogP contribution in [0.2, 0.25) is 5.02 Å². The number of thiocarbonyl (C=S) groups is 1. The molecule has 35 heavy (non-hydrogen) atoms. The van der Waals surface area contributed by atoms with Gasteiger partial charge in [0.25, 0.3) is 0 Å². The number of aromatic nitrogens is 1. The first-order valence-electron chi connectivity index (χ1n) is 11.6. The molecule has 0 unspecified atom stereocenters. The van der Waals surface area contributed by atoms with Crippen molar-refractivity contribution in [3.8, 4) is 5.88 Å². The molecule has 0 saturated carbocycles. The summed E-state index contributed by atoms with van der Waals surface area (Å²) in [5, 5.41) is 24.1. The molecule has 2 N–H and O–H groups in total. The van der Waals surface area contributed by atoms with E-state index in [1.807, 2.05) is 50.2 Å². The second kappa shape index (κ2) is 11.2. The van der Waals surface area contributed by atoms with E-state index in [9.17, 15) is 9.90 Å². The molecule has 0 aliphatic carbocycles. The molecule has 3 aromatic rings. The van der Waals surface area contributed by atoms with Crippen molar-refractivity contribution in [2.24, 2.45) is 16.1 Å². The molecule has 184 valence electrons. The SMILES string of the molecule is CCOC(=O)[C@H]1CCCN(Cn2c(O)c(N=NC(=S)Nc3cccc(Cl)c3C)c3ccccc32)C1. The molecule has 1 fully saturated rings. The number of hydrogen-bond donors (Lipinski definition) is 2. The molecule has 4 rings (SSSR count). The zero-order chi connectivity index (χ0) is 24.9. The van der Waals surface area contributed by atoms with Gasteiger partial charge in [-0.1, -0.05) is 35.9 Å². The Hall–Kier alpha value is -3.01. The smallest absolute Gasteiger partial charge is 0.310 e. The highest BCUT2D eigenvalue weighted by Crippen LogP contribution is 2.39. The number of hydrogen-bond acceptors (Lipinski definition) is 6. The predicted octanol–water partition coefficient (Wildman–Crippen LogP) is 6.02. The monoisotopic (exact) mass is 513 g/mol. The fourth-order valence-corrected chi connectivity index (χ4v) is 4.65. The van der Waals surface area contributed by atoms with E-state index < -0.39 is 0 Å². The van der Waals surface area contributed by atoms with Crippen LogP contribution in [0, 0.1) is 12.8 Å². The van der Waals surface area contributed by atoms with Gasteiger partial charge in [0.1, 0.15) is 0 Å². The second-order valence-electron chi connectivity index (χ2n) is 8.47. The van der Waals surface area contributed by atoms with Crippen molar-refractivity contribution in [2.75, 3.05) is 25.0 Å². The Bertz CT molecular complexity index is 1280. The number of rotatable bonds is 6. The molecule has 2 heterocycles. The molecular formula is C25H28ClN5O3S. The normalized spacial score (nSPS) is 16.6. The third-order valence-electron chi connectivity index (χ3n) is 6.13. The van der Waals surface area contributed by atoms with Gasteiger partial charge < -0.3 is 15.2 Å². The van der Waals surface area contributed by atoms with E-state index >= 15 is 0 Å². The molecule has 10 heteroatoms. The number of piperidine rings is 1. The Morgan fingerprint density at radius 3 is 2.89 bits per heavy atom. The summed E-state index contributed by atoms with van der Waals surface area (Å²) in [6.07, 6.45) is 1.70. The molecule has 1 saturated heterocycles. The van der Waals surface area contributed by atoms with E-state index in [2.05, 4.69) is 20.4 Å². The van der Waals surface area contributed by atoms with Crippen molar-refractivity contribution in [1.29, 1.82) is 0 Å². The highest BCUT2D eigenvalue weighted by molar-refractivity contribution is 7.80. The summed E-state index contributed by atoms with van der Waals surface area (Å²) in [4.78, 5) is 14.4. The zero-order valence-corrected chi connectivity index (χ0v) is 21.3. The maximum atomic E-state index is 12.2. The lowest BCUT2D eigenvalue weighted by Crippen LogP contribution is -2.40. The van der Waals surface area contributed by atoms with E-state index in [1.54, 1.807) is 10.6 Å². The first kappa shape index (κ1) is 25.1. The minimum atomic E-state index is -0.163. The van der Waals surface area contributed by atoms with Crippen LogP contribution in [0.15, 0.2) is 52.7 Å². The molecule has 1 atom stereocenters. The largest absolute Gasteiger partial charge is 0.493 e. The van der Waals surface area contributed by atoms with Crippen LogP contribution in [-0.4, -0.2) is 45.4 Å². The minimum absolute atomic E-state index is 0.00468. The minimum Gasteiger partial charge on any atom is -0.493 e. The van der Waals surface area contributed by atoms with Gasteiger partial charge in [-0.15, -0.1) is 10.2 Å². The zero-order valence-electron chi connectivity index (χ0n) is 19.7. The van der Waals surface area contributed by atoms with Gasteiger partial charge in [0.05, 0.1) is 24.7 Å². The van der Waals surface area contributed by atoms with Crippen molar-refractivity contribution in [3.05, 3.63) is 53.1 Å². The Balaban J connectivity index is 1.55. The number of azo groups is 1. The average molecular weight is 514 g/mol. The summed E-state index contributed by atoms with van der Waals surface area (Å²) >= 11 is 11.5. The third-order valence-corrected chi connectivity index (χ3v) is 6.73. The van der Waals surface area contributed by atoms with Crippen LogP contribution in [0.5, 0.6) is 5.88 Å². The van der Waals surface area contributed by atoms with Gasteiger partial charge in [0.15, 0.2) is 5.69 Å². The van der Waals surface area contributed by atoms with Crippen molar-refractivity contribution in [3.63, 3.8) is 0 Å². The maximum absolute atomic E-state index is 12.2. The van der Waals surface area contributed by atoms with Gasteiger partial charge in [0.2, 0.25) is 11.0 Å². The summed E-state index contributed by atoms with van der Waals surface area (Å²) in [6.45, 7) is 5.90. The fraction of sp³-hybridized carbons (Fsp3) is 0.360. The number of anilines is 1. The van der Waals surface area contributed by atoms with E-state index in [0.29, 0.717) is 30.5 Å². The number of benzene rings is 2. The second-order valence-corrected chi connectivity index (χ2v) is 9.26. The van der Waals surface area contributed by atoms with E-state index in [-0.39, 0.29) is 22.9 Å². The molecule has 8 nitrogen and oxygen atoms in total. The Kier molecular flexibility index (Phi) is 8.00. The van der Waals surface area contributed by atoms with Crippen LogP contribution >= 0.6 is 23.8 Å². The number of fused-ring (bicyclic) bond motifs is 1. The van der Waals surface area contributed by atoms with Crippen molar-refractivity contribution in [1.82, 2.24) is 9.47 Å². The topological polar surface area (TPSA) is 91.5 Å². The van der Waals surface area contributed by atoms with Crippen molar-refractivity contribution in [2.45, 2.75) is 33.4 Å². The number of nitrogens with zero attached hydrogens (tertiary/aromatic N) is 4. The molecule has 1 aliphatic heterocycles. The van der Waals surface area contributed by atoms with Gasteiger partial charge in [-0.25, -0.2) is 0 Å². The Morgan fingerprint density at radius 1 is 1.29 bits per heavy atom.